The standard InChI is InChI=1S/C47H91O14P.C6H15N/c1-3-5-7-9-11-13-15-17-19-21-23-25-27-29-31-33-42(49)57-38-40(60-43(50)34-32-30-28-26-24-22-20-18-16-14-12-10-8-6-4-2)39-59-62(54,55)58-36-35-56-47-46(53)45(52)44(51)41(37-48)61-47;1-4-7(5-2)6-3/h40-41,44-48,51-53H,3-39H2,1-2H3,(H,54,55);4-6H2,1-3H3. The van der Waals surface area contributed by atoms with Crippen LogP contribution >= 0.6 is 7.82 Å². The number of carbonyl (C=O) groups excluding carboxylic acids is 2. The fourth-order valence-corrected chi connectivity index (χ4v) is 9.10. The second-order valence-corrected chi connectivity index (χ2v) is 20.6. The van der Waals surface area contributed by atoms with Crippen molar-refractivity contribution in [3.8, 4) is 0 Å². The first-order chi connectivity index (χ1) is 33.4. The van der Waals surface area contributed by atoms with Gasteiger partial charge < -0.3 is 58.2 Å². The van der Waals surface area contributed by atoms with Crippen LogP contribution in [0.5, 0.6) is 0 Å². The Kier molecular flexibility index (Phi) is 46.9. The van der Waals surface area contributed by atoms with E-state index in [2.05, 4.69) is 34.6 Å². The molecule has 0 aromatic heterocycles. The monoisotopic (exact) mass is 1010 g/mol. The molecule has 0 saturated carbocycles. The van der Waals surface area contributed by atoms with Crippen molar-refractivity contribution in [2.75, 3.05) is 52.7 Å². The fraction of sp³-hybridized carbons (Fsp3) is 0.962. The lowest BCUT2D eigenvalue weighted by molar-refractivity contribution is -0.894. The molecule has 1 fully saturated rings. The summed E-state index contributed by atoms with van der Waals surface area (Å²) in [6.45, 7) is 12.3. The molecule has 69 heavy (non-hydrogen) atoms. The highest BCUT2D eigenvalue weighted by Crippen LogP contribution is 2.38. The van der Waals surface area contributed by atoms with Crippen LogP contribution in [0.25, 0.3) is 0 Å². The lowest BCUT2D eigenvalue weighted by Gasteiger charge is -2.39. The number of hydrogen-bond acceptors (Lipinski definition) is 14. The van der Waals surface area contributed by atoms with Gasteiger partial charge in [0, 0.05) is 12.8 Å². The van der Waals surface area contributed by atoms with Crippen LogP contribution in [0.15, 0.2) is 0 Å². The highest BCUT2D eigenvalue weighted by Gasteiger charge is 2.44. The zero-order valence-electron chi connectivity index (χ0n) is 44.6. The van der Waals surface area contributed by atoms with E-state index in [1.165, 1.54) is 161 Å². The van der Waals surface area contributed by atoms with Gasteiger partial charge in [-0.3, -0.25) is 14.2 Å². The maximum atomic E-state index is 12.8. The predicted octanol–water partition coefficient (Wildman–Crippen LogP) is 9.21. The molecule has 0 radical (unpaired) electrons. The molecule has 1 heterocycles. The molecule has 1 rings (SSSR count). The minimum absolute atomic E-state index is 0.142. The molecular formula is C53H106NO14P. The molecule has 15 nitrogen and oxygen atoms in total. The first-order valence-corrected chi connectivity index (χ1v) is 29.6. The predicted molar refractivity (Wildman–Crippen MR) is 272 cm³/mol. The van der Waals surface area contributed by atoms with Gasteiger partial charge in [0.2, 0.25) is 0 Å². The Morgan fingerprint density at radius 3 is 1.30 bits per heavy atom. The molecule has 7 unspecified atom stereocenters. The van der Waals surface area contributed by atoms with Crippen LogP contribution in [0.1, 0.15) is 240 Å². The Bertz CT molecular complexity index is 1190. The highest BCUT2D eigenvalue weighted by molar-refractivity contribution is 7.45. The maximum absolute atomic E-state index is 12.8. The number of carbonyl (C=O) groups is 2. The second kappa shape index (κ2) is 47.8. The van der Waals surface area contributed by atoms with Crippen molar-refractivity contribution < 1.29 is 72.4 Å². The van der Waals surface area contributed by atoms with Crippen molar-refractivity contribution in [1.29, 1.82) is 0 Å². The number of aliphatic hydroxyl groups is 4. The number of aliphatic hydroxyl groups excluding tert-OH is 4. The summed E-state index contributed by atoms with van der Waals surface area (Å²) in [5, 5.41) is 39.3. The summed E-state index contributed by atoms with van der Waals surface area (Å²) in [5.74, 6) is -1.00. The molecule has 1 aliphatic rings. The molecule has 1 aliphatic heterocycles. The van der Waals surface area contributed by atoms with Gasteiger partial charge in [0.05, 0.1) is 46.1 Å². The van der Waals surface area contributed by atoms with Gasteiger partial charge in [0.15, 0.2) is 12.4 Å². The highest BCUT2D eigenvalue weighted by atomic mass is 31.2. The zero-order valence-corrected chi connectivity index (χ0v) is 45.5. The van der Waals surface area contributed by atoms with E-state index in [1.54, 1.807) is 4.90 Å². The van der Waals surface area contributed by atoms with Crippen molar-refractivity contribution in [3.63, 3.8) is 0 Å². The van der Waals surface area contributed by atoms with Gasteiger partial charge in [-0.05, 0) is 33.6 Å². The van der Waals surface area contributed by atoms with E-state index >= 15 is 0 Å². The molecule has 0 aromatic carbocycles. The zero-order chi connectivity index (χ0) is 51.2. The van der Waals surface area contributed by atoms with E-state index in [4.69, 9.17) is 28.0 Å². The third kappa shape index (κ3) is 39.9. The van der Waals surface area contributed by atoms with Crippen LogP contribution in [-0.4, -0.2) is 122 Å². The van der Waals surface area contributed by atoms with E-state index < -0.39 is 83.0 Å². The number of phosphoric ester groups is 1. The van der Waals surface area contributed by atoms with Gasteiger partial charge in [-0.15, -0.1) is 0 Å². The number of phosphoric acid groups is 1. The first kappa shape index (κ1) is 67.8. The van der Waals surface area contributed by atoms with Crippen LogP contribution in [0.3, 0.4) is 0 Å². The number of esters is 2. The minimum atomic E-state index is -4.96. The number of ether oxygens (including phenoxy) is 4. The van der Waals surface area contributed by atoms with Crippen molar-refractivity contribution in [2.45, 2.75) is 277 Å². The second-order valence-electron chi connectivity index (χ2n) is 19.1. The van der Waals surface area contributed by atoms with Crippen molar-refractivity contribution >= 4 is 19.8 Å². The molecule has 16 heteroatoms. The topological polar surface area (TPSA) is 215 Å². The Morgan fingerprint density at radius 1 is 0.536 bits per heavy atom. The van der Waals surface area contributed by atoms with Crippen LogP contribution in [0, 0.1) is 0 Å². The van der Waals surface area contributed by atoms with E-state index in [0.717, 1.165) is 38.5 Å². The Hall–Kier alpha value is -1.23. The SMILES string of the molecule is CCCCCCCCCCCCCCCCCC(=O)OCC(COP(=O)([O-])OCCOC1OC(CO)C(O)C(O)C1O)OC(=O)CCCCCCCCCCCCCCCCC.CC[NH+](CC)CC. The lowest BCUT2D eigenvalue weighted by atomic mass is 9.99. The summed E-state index contributed by atoms with van der Waals surface area (Å²) < 4.78 is 43.8. The third-order valence-electron chi connectivity index (χ3n) is 13.1. The average molecular weight is 1010 g/mol. The maximum Gasteiger partial charge on any atom is 0.306 e. The molecule has 0 spiro atoms. The lowest BCUT2D eigenvalue weighted by Crippen LogP contribution is -3.11. The summed E-state index contributed by atoms with van der Waals surface area (Å²) in [4.78, 5) is 39.6. The molecule has 0 aliphatic carbocycles. The normalized spacial score (nSPS) is 19.5. The molecule has 412 valence electrons. The molecule has 7 atom stereocenters. The van der Waals surface area contributed by atoms with E-state index in [1.807, 2.05) is 0 Å². The van der Waals surface area contributed by atoms with Crippen LogP contribution in [0.2, 0.25) is 0 Å². The quantitative estimate of drug-likeness (QED) is 0.0218. The van der Waals surface area contributed by atoms with Gasteiger partial charge in [0.25, 0.3) is 7.82 Å². The Balaban J connectivity index is 0.00000609. The summed E-state index contributed by atoms with van der Waals surface area (Å²) in [6, 6.07) is 0. The van der Waals surface area contributed by atoms with Crippen LogP contribution < -0.4 is 9.79 Å². The largest absolute Gasteiger partial charge is 0.756 e. The average Bonchev–Trinajstić information content (AvgIpc) is 3.34. The first-order valence-electron chi connectivity index (χ1n) is 28.1. The number of nitrogens with one attached hydrogen (secondary N) is 1. The van der Waals surface area contributed by atoms with Gasteiger partial charge >= 0.3 is 11.9 Å². The van der Waals surface area contributed by atoms with Crippen molar-refractivity contribution in [2.24, 2.45) is 0 Å². The molecule has 1 saturated heterocycles. The van der Waals surface area contributed by atoms with Crippen LogP contribution in [-0.2, 0) is 42.1 Å². The molecule has 0 aromatic rings. The van der Waals surface area contributed by atoms with E-state index in [9.17, 15) is 39.5 Å². The number of unbranched alkanes of at least 4 members (excludes halogenated alkanes) is 28. The van der Waals surface area contributed by atoms with Gasteiger partial charge in [-0.25, -0.2) is 0 Å². The third-order valence-corrected chi connectivity index (χ3v) is 14.0. The fourth-order valence-electron chi connectivity index (χ4n) is 8.38. The van der Waals surface area contributed by atoms with Crippen molar-refractivity contribution in [1.82, 2.24) is 0 Å². The summed E-state index contributed by atoms with van der Waals surface area (Å²) in [6.07, 6.45) is 27.8. The Morgan fingerprint density at radius 2 is 0.928 bits per heavy atom. The van der Waals surface area contributed by atoms with Crippen molar-refractivity contribution in [3.05, 3.63) is 0 Å². The van der Waals surface area contributed by atoms with Gasteiger partial charge in [-0.1, -0.05) is 194 Å². The van der Waals surface area contributed by atoms with E-state index in [-0.39, 0.29) is 19.4 Å². The van der Waals surface area contributed by atoms with Crippen LogP contribution in [0.4, 0.5) is 0 Å². The molecule has 5 N–H and O–H groups in total. The van der Waals surface area contributed by atoms with Gasteiger partial charge in [0.1, 0.15) is 31.0 Å². The molecule has 0 amide bonds. The van der Waals surface area contributed by atoms with E-state index in [0.29, 0.717) is 12.8 Å². The minimum Gasteiger partial charge on any atom is -0.756 e. The Labute approximate surface area is 420 Å². The smallest absolute Gasteiger partial charge is 0.306 e. The summed E-state index contributed by atoms with van der Waals surface area (Å²) in [7, 11) is -4.96. The number of hydrogen-bond donors (Lipinski definition) is 5. The summed E-state index contributed by atoms with van der Waals surface area (Å²) in [5.41, 5.74) is 0. The number of quaternary nitrogens is 1. The molecular weight excluding hydrogens is 906 g/mol. The molecule has 0 bridgehead atoms. The summed E-state index contributed by atoms with van der Waals surface area (Å²) >= 11 is 0. The number of rotatable bonds is 47. The van der Waals surface area contributed by atoms with Gasteiger partial charge in [-0.2, -0.15) is 0 Å².